The minimum atomic E-state index is -0.290. The maximum atomic E-state index is 11.3. The van der Waals surface area contributed by atoms with Gasteiger partial charge >= 0.3 is 0 Å². The van der Waals surface area contributed by atoms with Crippen molar-refractivity contribution in [2.24, 2.45) is 10.7 Å². The van der Waals surface area contributed by atoms with Gasteiger partial charge in [0.25, 0.3) is 5.91 Å². The van der Waals surface area contributed by atoms with Crippen molar-refractivity contribution in [2.45, 2.75) is 12.8 Å². The zero-order valence-corrected chi connectivity index (χ0v) is 8.13. The van der Waals surface area contributed by atoms with Crippen LogP contribution in [0, 0.1) is 0 Å². The lowest BCUT2D eigenvalue weighted by Gasteiger charge is -2.07. The third-order valence-electron chi connectivity index (χ3n) is 2.02. The number of nitrogens with two attached hydrogens (primary N) is 1. The van der Waals surface area contributed by atoms with Crippen LogP contribution in [0.25, 0.3) is 0 Å². The second-order valence-electron chi connectivity index (χ2n) is 3.01. The number of carbonyl (C=O) groups excluding carboxylic acids is 2. The number of ketones is 1. The van der Waals surface area contributed by atoms with Crippen molar-refractivity contribution in [3.63, 3.8) is 0 Å². The fourth-order valence-electron chi connectivity index (χ4n) is 1.33. The molecular weight excluding hydrogens is 200 g/mol. The summed E-state index contributed by atoms with van der Waals surface area (Å²) < 4.78 is 0. The highest BCUT2D eigenvalue weighted by Gasteiger charge is 2.24. The molecule has 0 bridgehead atoms. The van der Waals surface area contributed by atoms with Gasteiger partial charge in [-0.25, -0.2) is 0 Å². The normalized spacial score (nSPS) is 27.0. The predicted octanol–water partition coefficient (Wildman–Crippen LogP) is 0.748. The summed E-state index contributed by atoms with van der Waals surface area (Å²) in [7, 11) is 0. The lowest BCUT2D eigenvalue weighted by molar-refractivity contribution is -0.115. The van der Waals surface area contributed by atoms with Crippen LogP contribution < -0.4 is 5.73 Å². The summed E-state index contributed by atoms with van der Waals surface area (Å²) in [6.07, 6.45) is 4.24. The van der Waals surface area contributed by atoms with Crippen molar-refractivity contribution in [1.29, 1.82) is 0 Å². The Bertz CT molecular complexity index is 407. The van der Waals surface area contributed by atoms with Gasteiger partial charge in [-0.3, -0.25) is 9.59 Å². The predicted molar refractivity (Wildman–Crippen MR) is 54.6 cm³/mol. The molecule has 0 spiro atoms. The molecule has 2 aliphatic rings. The van der Waals surface area contributed by atoms with E-state index in [1.165, 1.54) is 17.8 Å². The van der Waals surface area contributed by atoms with Gasteiger partial charge in [0.05, 0.1) is 4.91 Å². The largest absolute Gasteiger partial charge is 0.378 e. The fourth-order valence-corrected chi connectivity index (χ4v) is 2.10. The number of hydrogen-bond donors (Lipinski definition) is 1. The molecule has 0 fully saturated rings. The van der Waals surface area contributed by atoms with Crippen LogP contribution in [0.5, 0.6) is 0 Å². The number of amides is 1. The van der Waals surface area contributed by atoms with Crippen molar-refractivity contribution in [3.05, 3.63) is 22.6 Å². The van der Waals surface area contributed by atoms with Crippen LogP contribution in [0.2, 0.25) is 0 Å². The van der Waals surface area contributed by atoms with Crippen LogP contribution in [0.1, 0.15) is 12.8 Å². The van der Waals surface area contributed by atoms with Crippen molar-refractivity contribution < 1.29 is 9.59 Å². The lowest BCUT2D eigenvalue weighted by atomic mass is 10.0. The zero-order valence-electron chi connectivity index (χ0n) is 7.32. The van der Waals surface area contributed by atoms with Crippen LogP contribution in [0.4, 0.5) is 0 Å². The number of rotatable bonds is 0. The first-order valence-corrected chi connectivity index (χ1v) is 4.99. The first-order chi connectivity index (χ1) is 6.66. The molecule has 0 aromatic carbocycles. The van der Waals surface area contributed by atoms with Gasteiger partial charge in [0.15, 0.2) is 11.0 Å². The van der Waals surface area contributed by atoms with Gasteiger partial charge in [-0.05, 0) is 29.8 Å². The molecule has 5 heteroatoms. The molecule has 2 rings (SSSR count). The molecule has 0 saturated carbocycles. The summed E-state index contributed by atoms with van der Waals surface area (Å²) in [4.78, 5) is 26.4. The molecule has 0 radical (unpaired) electrons. The summed E-state index contributed by atoms with van der Waals surface area (Å²) in [5.41, 5.74) is 6.28. The molecule has 0 aromatic rings. The number of hydrogen-bond acceptors (Lipinski definition) is 4. The minimum Gasteiger partial charge on any atom is -0.378 e. The number of allylic oxidation sites excluding steroid dienone is 3. The third kappa shape index (κ3) is 1.63. The Morgan fingerprint density at radius 2 is 2.07 bits per heavy atom. The molecule has 0 aromatic heterocycles. The van der Waals surface area contributed by atoms with Crippen LogP contribution in [0.15, 0.2) is 27.6 Å². The van der Waals surface area contributed by atoms with E-state index in [9.17, 15) is 9.59 Å². The number of thioether (sulfide) groups is 1. The minimum absolute atomic E-state index is 0.0960. The van der Waals surface area contributed by atoms with Gasteiger partial charge < -0.3 is 5.73 Å². The summed E-state index contributed by atoms with van der Waals surface area (Å²) >= 11 is 1.18. The van der Waals surface area contributed by atoms with E-state index in [1.54, 1.807) is 6.08 Å². The van der Waals surface area contributed by atoms with Crippen LogP contribution in [0.3, 0.4) is 0 Å². The van der Waals surface area contributed by atoms with Crippen molar-refractivity contribution in [1.82, 2.24) is 0 Å². The molecular formula is C9H8N2O2S. The van der Waals surface area contributed by atoms with Gasteiger partial charge in [-0.1, -0.05) is 6.08 Å². The Kier molecular flexibility index (Phi) is 2.25. The van der Waals surface area contributed by atoms with Crippen molar-refractivity contribution in [3.8, 4) is 0 Å². The summed E-state index contributed by atoms with van der Waals surface area (Å²) in [5, 5.41) is 0.280. The molecule has 0 saturated heterocycles. The number of aliphatic imine (C=N–C) groups is 1. The van der Waals surface area contributed by atoms with Gasteiger partial charge in [-0.2, -0.15) is 4.99 Å². The van der Waals surface area contributed by atoms with Crippen LogP contribution >= 0.6 is 11.8 Å². The molecule has 1 amide bonds. The molecule has 2 N–H and O–H groups in total. The monoisotopic (exact) mass is 208 g/mol. The first kappa shape index (κ1) is 9.21. The first-order valence-electron chi connectivity index (χ1n) is 4.17. The van der Waals surface area contributed by atoms with Gasteiger partial charge in [-0.15, -0.1) is 0 Å². The highest BCUT2D eigenvalue weighted by molar-refractivity contribution is 8.18. The molecule has 72 valence electrons. The van der Waals surface area contributed by atoms with Crippen LogP contribution in [-0.2, 0) is 9.59 Å². The Morgan fingerprint density at radius 1 is 1.29 bits per heavy atom. The molecule has 14 heavy (non-hydrogen) atoms. The van der Waals surface area contributed by atoms with E-state index in [0.717, 1.165) is 5.57 Å². The van der Waals surface area contributed by atoms with E-state index in [1.807, 2.05) is 0 Å². The second kappa shape index (κ2) is 3.42. The van der Waals surface area contributed by atoms with E-state index in [0.29, 0.717) is 17.7 Å². The average Bonchev–Trinajstić information content (AvgIpc) is 2.47. The Labute approximate surface area is 84.9 Å². The van der Waals surface area contributed by atoms with E-state index < -0.39 is 0 Å². The maximum Gasteiger partial charge on any atom is 0.286 e. The highest BCUT2D eigenvalue weighted by Crippen LogP contribution is 2.31. The third-order valence-corrected chi connectivity index (χ3v) is 2.96. The number of carbonyl (C=O) groups is 2. The SMILES string of the molecule is NC1=NC(=O)C(=C2C=CC(=O)CC2)S1. The van der Waals surface area contributed by atoms with E-state index >= 15 is 0 Å². The number of nitrogens with zero attached hydrogens (tertiary/aromatic N) is 1. The van der Waals surface area contributed by atoms with Gasteiger partial charge in [0.2, 0.25) is 0 Å². The van der Waals surface area contributed by atoms with Crippen molar-refractivity contribution >= 4 is 28.6 Å². The zero-order chi connectivity index (χ0) is 10.1. The van der Waals surface area contributed by atoms with Crippen LogP contribution in [-0.4, -0.2) is 16.9 Å². The quantitative estimate of drug-likeness (QED) is 0.596. The molecule has 1 aliphatic heterocycles. The van der Waals surface area contributed by atoms with Gasteiger partial charge in [0, 0.05) is 6.42 Å². The smallest absolute Gasteiger partial charge is 0.286 e. The summed E-state index contributed by atoms with van der Waals surface area (Å²) in [6.45, 7) is 0. The molecule has 4 nitrogen and oxygen atoms in total. The lowest BCUT2D eigenvalue weighted by Crippen LogP contribution is -2.03. The molecule has 0 atom stereocenters. The fraction of sp³-hybridized carbons (Fsp3) is 0.222. The molecule has 1 heterocycles. The maximum absolute atomic E-state index is 11.3. The standard InChI is InChI=1S/C9H8N2O2S/c10-9-11-8(13)7(14-9)5-1-3-6(12)4-2-5/h1,3H,2,4H2,(H2,10,11,13). The van der Waals surface area contributed by atoms with E-state index in [-0.39, 0.29) is 16.9 Å². The summed E-state index contributed by atoms with van der Waals surface area (Å²) in [5.74, 6) is -0.194. The summed E-state index contributed by atoms with van der Waals surface area (Å²) in [6, 6.07) is 0. The van der Waals surface area contributed by atoms with Gasteiger partial charge in [0.1, 0.15) is 0 Å². The Hall–Kier alpha value is -1.36. The van der Waals surface area contributed by atoms with E-state index in [4.69, 9.17) is 5.73 Å². The Balaban J connectivity index is 2.31. The van der Waals surface area contributed by atoms with Crippen molar-refractivity contribution in [2.75, 3.05) is 0 Å². The average molecular weight is 208 g/mol. The number of amidine groups is 1. The molecule has 0 unspecified atom stereocenters. The Morgan fingerprint density at radius 3 is 2.57 bits per heavy atom. The second-order valence-corrected chi connectivity index (χ2v) is 4.04. The van der Waals surface area contributed by atoms with E-state index in [2.05, 4.69) is 4.99 Å². The topological polar surface area (TPSA) is 72.5 Å². The highest BCUT2D eigenvalue weighted by atomic mass is 32.2. The molecule has 1 aliphatic carbocycles.